The molecule has 0 amide bonds. The van der Waals surface area contributed by atoms with Crippen molar-refractivity contribution in [2.75, 3.05) is 12.4 Å². The average Bonchev–Trinajstić information content (AvgIpc) is 2.92. The van der Waals surface area contributed by atoms with E-state index in [1.807, 2.05) is 24.3 Å². The molecular formula is C16H16ClNOS. The zero-order valence-electron chi connectivity index (χ0n) is 11.0. The minimum atomic E-state index is 0.0184. The molecule has 0 aliphatic carbocycles. The first-order valence-electron chi connectivity index (χ1n) is 6.62. The number of thioether (sulfide) groups is 1. The molecule has 2 aromatic rings. The summed E-state index contributed by atoms with van der Waals surface area (Å²) in [4.78, 5) is 1.15. The number of hydrogen-bond donors (Lipinski definition) is 1. The summed E-state index contributed by atoms with van der Waals surface area (Å²) in [5.41, 5.74) is 8.72. The van der Waals surface area contributed by atoms with Gasteiger partial charge in [-0.2, -0.15) is 0 Å². The van der Waals surface area contributed by atoms with Crippen LogP contribution < -0.4 is 10.5 Å². The van der Waals surface area contributed by atoms with Crippen LogP contribution in [-0.4, -0.2) is 12.4 Å². The fourth-order valence-corrected chi connectivity index (χ4v) is 3.48. The molecule has 3 rings (SSSR count). The van der Waals surface area contributed by atoms with Crippen LogP contribution in [-0.2, 0) is 6.42 Å². The standard InChI is InChI=1S/C16H16ClNOS/c17-13-2-1-3-14(9-13)20-10-15(18)11-4-5-16-12(8-11)6-7-19-16/h1-5,8-9,15H,6-7,10,18H2. The predicted octanol–water partition coefficient (Wildman–Crippen LogP) is 4.07. The second-order valence-electron chi connectivity index (χ2n) is 4.84. The Morgan fingerprint density at radius 2 is 2.15 bits per heavy atom. The highest BCUT2D eigenvalue weighted by molar-refractivity contribution is 7.99. The van der Waals surface area contributed by atoms with Gasteiger partial charge in [-0.3, -0.25) is 0 Å². The SMILES string of the molecule is NC(CSc1cccc(Cl)c1)c1ccc2c(c1)CCO2. The first-order valence-corrected chi connectivity index (χ1v) is 7.98. The lowest BCUT2D eigenvalue weighted by Crippen LogP contribution is -2.13. The third-order valence-electron chi connectivity index (χ3n) is 3.37. The normalized spacial score (nSPS) is 14.7. The van der Waals surface area contributed by atoms with Gasteiger partial charge in [-0.05, 0) is 35.4 Å². The Kier molecular flexibility index (Phi) is 4.20. The molecule has 0 aromatic heterocycles. The maximum Gasteiger partial charge on any atom is 0.122 e. The molecule has 4 heteroatoms. The summed E-state index contributed by atoms with van der Waals surface area (Å²) < 4.78 is 5.51. The van der Waals surface area contributed by atoms with Crippen molar-refractivity contribution in [2.45, 2.75) is 17.4 Å². The van der Waals surface area contributed by atoms with Crippen LogP contribution in [0, 0.1) is 0 Å². The van der Waals surface area contributed by atoms with E-state index in [1.165, 1.54) is 11.1 Å². The van der Waals surface area contributed by atoms with Crippen molar-refractivity contribution in [1.82, 2.24) is 0 Å². The highest BCUT2D eigenvalue weighted by Crippen LogP contribution is 2.30. The first kappa shape index (κ1) is 13.8. The zero-order chi connectivity index (χ0) is 13.9. The fraction of sp³-hybridized carbons (Fsp3) is 0.250. The monoisotopic (exact) mass is 305 g/mol. The van der Waals surface area contributed by atoms with E-state index in [0.29, 0.717) is 0 Å². The van der Waals surface area contributed by atoms with Crippen molar-refractivity contribution < 1.29 is 4.74 Å². The molecule has 1 aliphatic rings. The van der Waals surface area contributed by atoms with Crippen molar-refractivity contribution in [1.29, 1.82) is 0 Å². The molecule has 0 spiro atoms. The molecule has 104 valence electrons. The Balaban J connectivity index is 1.66. The molecule has 2 nitrogen and oxygen atoms in total. The van der Waals surface area contributed by atoms with E-state index in [2.05, 4.69) is 18.2 Å². The number of rotatable bonds is 4. The first-order chi connectivity index (χ1) is 9.72. The van der Waals surface area contributed by atoms with Gasteiger partial charge in [-0.25, -0.2) is 0 Å². The molecule has 0 radical (unpaired) electrons. The largest absolute Gasteiger partial charge is 0.493 e. The Bertz CT molecular complexity index is 617. The van der Waals surface area contributed by atoms with E-state index in [-0.39, 0.29) is 6.04 Å². The molecule has 0 bridgehead atoms. The maximum atomic E-state index is 6.28. The van der Waals surface area contributed by atoms with Gasteiger partial charge in [0.05, 0.1) is 6.61 Å². The number of hydrogen-bond acceptors (Lipinski definition) is 3. The number of benzene rings is 2. The molecule has 20 heavy (non-hydrogen) atoms. The van der Waals surface area contributed by atoms with Crippen molar-refractivity contribution in [3.05, 3.63) is 58.6 Å². The van der Waals surface area contributed by atoms with Gasteiger partial charge in [-0.1, -0.05) is 29.8 Å². The Morgan fingerprint density at radius 1 is 1.25 bits per heavy atom. The van der Waals surface area contributed by atoms with E-state index < -0.39 is 0 Å². The van der Waals surface area contributed by atoms with Crippen LogP contribution in [0.4, 0.5) is 0 Å². The Labute approximate surface area is 128 Å². The van der Waals surface area contributed by atoms with E-state index in [0.717, 1.165) is 34.4 Å². The summed E-state index contributed by atoms with van der Waals surface area (Å²) in [7, 11) is 0. The molecule has 0 fully saturated rings. The van der Waals surface area contributed by atoms with E-state index in [4.69, 9.17) is 22.1 Å². The maximum absolute atomic E-state index is 6.28. The van der Waals surface area contributed by atoms with Crippen LogP contribution in [0.2, 0.25) is 5.02 Å². The van der Waals surface area contributed by atoms with Crippen LogP contribution in [0.15, 0.2) is 47.4 Å². The Hall–Kier alpha value is -1.16. The highest BCUT2D eigenvalue weighted by atomic mass is 35.5. The highest BCUT2D eigenvalue weighted by Gasteiger charge is 2.15. The minimum absolute atomic E-state index is 0.0184. The summed E-state index contributed by atoms with van der Waals surface area (Å²) in [6, 6.07) is 14.1. The third kappa shape index (κ3) is 3.11. The smallest absolute Gasteiger partial charge is 0.122 e. The lowest BCUT2D eigenvalue weighted by atomic mass is 10.0. The van der Waals surface area contributed by atoms with E-state index in [1.54, 1.807) is 11.8 Å². The fourth-order valence-electron chi connectivity index (χ4n) is 2.28. The summed E-state index contributed by atoms with van der Waals surface area (Å²) in [5.74, 6) is 1.84. The van der Waals surface area contributed by atoms with E-state index >= 15 is 0 Å². The van der Waals surface area contributed by atoms with E-state index in [9.17, 15) is 0 Å². The number of fused-ring (bicyclic) bond motifs is 1. The van der Waals surface area contributed by atoms with Gasteiger partial charge in [-0.15, -0.1) is 11.8 Å². The molecular weight excluding hydrogens is 290 g/mol. The molecule has 2 N–H and O–H groups in total. The predicted molar refractivity (Wildman–Crippen MR) is 84.7 cm³/mol. The number of nitrogens with two attached hydrogens (primary N) is 1. The van der Waals surface area contributed by atoms with Crippen LogP contribution in [0.1, 0.15) is 17.2 Å². The molecule has 0 saturated heterocycles. The lowest BCUT2D eigenvalue weighted by molar-refractivity contribution is 0.357. The molecule has 1 atom stereocenters. The lowest BCUT2D eigenvalue weighted by Gasteiger charge is -2.13. The van der Waals surface area contributed by atoms with Gasteiger partial charge in [0.1, 0.15) is 5.75 Å². The number of ether oxygens (including phenoxy) is 1. The minimum Gasteiger partial charge on any atom is -0.493 e. The van der Waals surface area contributed by atoms with Crippen LogP contribution in [0.25, 0.3) is 0 Å². The average molecular weight is 306 g/mol. The summed E-state index contributed by atoms with van der Waals surface area (Å²) >= 11 is 7.71. The molecule has 2 aromatic carbocycles. The molecule has 1 heterocycles. The topological polar surface area (TPSA) is 35.2 Å². The van der Waals surface area contributed by atoms with Gasteiger partial charge in [0.15, 0.2) is 0 Å². The van der Waals surface area contributed by atoms with Crippen molar-refractivity contribution in [3.8, 4) is 5.75 Å². The number of halogens is 1. The Morgan fingerprint density at radius 3 is 3.00 bits per heavy atom. The second-order valence-corrected chi connectivity index (χ2v) is 6.37. The van der Waals surface area contributed by atoms with Crippen molar-refractivity contribution in [2.24, 2.45) is 5.73 Å². The molecule has 0 saturated carbocycles. The third-order valence-corrected chi connectivity index (χ3v) is 4.72. The van der Waals surface area contributed by atoms with Crippen molar-refractivity contribution >= 4 is 23.4 Å². The molecule has 1 aliphatic heterocycles. The van der Waals surface area contributed by atoms with Crippen LogP contribution in [0.5, 0.6) is 5.75 Å². The summed E-state index contributed by atoms with van der Waals surface area (Å²) in [6.45, 7) is 0.783. The van der Waals surface area contributed by atoms with Crippen LogP contribution >= 0.6 is 23.4 Å². The van der Waals surface area contributed by atoms with Crippen molar-refractivity contribution in [3.63, 3.8) is 0 Å². The summed E-state index contributed by atoms with van der Waals surface area (Å²) in [5, 5.41) is 0.762. The van der Waals surface area contributed by atoms with Crippen LogP contribution in [0.3, 0.4) is 0 Å². The second kappa shape index (κ2) is 6.08. The van der Waals surface area contributed by atoms with Gasteiger partial charge in [0.2, 0.25) is 0 Å². The van der Waals surface area contributed by atoms with Gasteiger partial charge in [0, 0.05) is 28.1 Å². The van der Waals surface area contributed by atoms with Gasteiger partial charge < -0.3 is 10.5 Å². The van der Waals surface area contributed by atoms with Gasteiger partial charge >= 0.3 is 0 Å². The summed E-state index contributed by atoms with van der Waals surface area (Å²) in [6.07, 6.45) is 0.983. The van der Waals surface area contributed by atoms with Gasteiger partial charge in [0.25, 0.3) is 0 Å². The molecule has 1 unspecified atom stereocenters. The quantitative estimate of drug-likeness (QED) is 0.865. The zero-order valence-corrected chi connectivity index (χ0v) is 12.6.